The number of nitriles is 1. The van der Waals surface area contributed by atoms with Gasteiger partial charge in [0.15, 0.2) is 11.3 Å². The van der Waals surface area contributed by atoms with Gasteiger partial charge in [-0.2, -0.15) is 5.26 Å². The van der Waals surface area contributed by atoms with E-state index in [2.05, 4.69) is 23.2 Å². The molecule has 3 atom stereocenters. The predicted molar refractivity (Wildman–Crippen MR) is 128 cm³/mol. The highest BCUT2D eigenvalue weighted by atomic mass is 32.1. The largest absolute Gasteiger partial charge is 0.300 e. The third kappa shape index (κ3) is 3.00. The first-order chi connectivity index (χ1) is 16.2. The van der Waals surface area contributed by atoms with Gasteiger partial charge in [-0.3, -0.25) is 14.8 Å². The lowest BCUT2D eigenvalue weighted by Crippen LogP contribution is -2.35. The van der Waals surface area contributed by atoms with E-state index in [-0.39, 0.29) is 23.1 Å². The average molecular weight is 449 g/mol. The third-order valence-corrected chi connectivity index (χ3v) is 7.75. The van der Waals surface area contributed by atoms with Gasteiger partial charge in [-0.25, -0.2) is 4.98 Å². The van der Waals surface area contributed by atoms with Crippen LogP contribution < -0.4 is 5.49 Å². The van der Waals surface area contributed by atoms with E-state index < -0.39 is 5.92 Å². The molecule has 0 radical (unpaired) electrons. The number of rotatable bonds is 2. The van der Waals surface area contributed by atoms with Crippen molar-refractivity contribution in [1.29, 1.82) is 10.7 Å². The highest BCUT2D eigenvalue weighted by molar-refractivity contribution is 7.10. The number of carbonyl (C=O) groups excluding carboxylic acids is 1. The number of para-hydroxylation sites is 1. The van der Waals surface area contributed by atoms with Crippen LogP contribution in [-0.2, 0) is 4.79 Å². The van der Waals surface area contributed by atoms with Crippen molar-refractivity contribution in [2.45, 2.75) is 30.6 Å². The molecule has 3 heterocycles. The number of nitrogens with zero attached hydrogens (tertiary/aromatic N) is 3. The standard InChI is InChI=1S/C27H20N4OS/c28-15-19-24(23-11-6-12-33-23)25-21(13-17(14-22(25)32)16-7-2-1-3-8-16)31-20-10-5-4-9-18(20)26(29)30-27(19)31/h1-12,17,19,24,29H,13-14H2. The first-order valence-corrected chi connectivity index (χ1v) is 11.9. The van der Waals surface area contributed by atoms with Crippen LogP contribution in [0.5, 0.6) is 0 Å². The number of allylic oxidation sites excluding steroid dienone is 2. The Morgan fingerprint density at radius 3 is 2.58 bits per heavy atom. The number of aromatic nitrogens is 2. The normalized spacial score (nSPS) is 22.0. The van der Waals surface area contributed by atoms with Crippen molar-refractivity contribution in [2.24, 2.45) is 0 Å². The maximum atomic E-state index is 13.8. The van der Waals surface area contributed by atoms with Gasteiger partial charge in [0.1, 0.15) is 11.7 Å². The molecule has 3 unspecified atom stereocenters. The van der Waals surface area contributed by atoms with Crippen LogP contribution in [0.2, 0.25) is 0 Å². The summed E-state index contributed by atoms with van der Waals surface area (Å²) in [5.41, 5.74) is 3.78. The van der Waals surface area contributed by atoms with E-state index in [0.29, 0.717) is 24.1 Å². The van der Waals surface area contributed by atoms with Gasteiger partial charge in [0.2, 0.25) is 0 Å². The van der Waals surface area contributed by atoms with Crippen molar-refractivity contribution in [1.82, 2.24) is 9.55 Å². The lowest BCUT2D eigenvalue weighted by Gasteiger charge is -2.38. The maximum Gasteiger partial charge on any atom is 0.161 e. The number of carbonyl (C=O) groups is 1. The highest BCUT2D eigenvalue weighted by Gasteiger charge is 2.44. The number of hydrogen-bond donors (Lipinski definition) is 1. The lowest BCUT2D eigenvalue weighted by atomic mass is 9.71. The molecular weight excluding hydrogens is 428 g/mol. The number of thiophene rings is 1. The van der Waals surface area contributed by atoms with E-state index in [4.69, 9.17) is 5.41 Å². The van der Waals surface area contributed by atoms with Gasteiger partial charge in [0.05, 0.1) is 11.6 Å². The molecule has 1 aliphatic heterocycles. The van der Waals surface area contributed by atoms with Crippen molar-refractivity contribution in [3.05, 3.63) is 99.4 Å². The molecule has 0 fully saturated rings. The first-order valence-electron chi connectivity index (χ1n) is 11.0. The third-order valence-electron chi connectivity index (χ3n) is 6.79. The molecule has 33 heavy (non-hydrogen) atoms. The number of benzene rings is 2. The first kappa shape index (κ1) is 19.8. The summed E-state index contributed by atoms with van der Waals surface area (Å²) in [4.78, 5) is 19.4. The van der Waals surface area contributed by atoms with Crippen LogP contribution >= 0.6 is 11.3 Å². The second-order valence-corrected chi connectivity index (χ2v) is 9.55. The topological polar surface area (TPSA) is 82.5 Å². The average Bonchev–Trinajstić information content (AvgIpc) is 3.38. The number of hydrogen-bond acceptors (Lipinski definition) is 5. The Hall–Kier alpha value is -3.82. The highest BCUT2D eigenvalue weighted by Crippen LogP contribution is 2.51. The molecule has 5 nitrogen and oxygen atoms in total. The van der Waals surface area contributed by atoms with Crippen molar-refractivity contribution >= 4 is 33.7 Å². The number of ketones is 1. The van der Waals surface area contributed by atoms with Crippen LogP contribution in [-0.4, -0.2) is 15.3 Å². The van der Waals surface area contributed by atoms with E-state index in [1.165, 1.54) is 0 Å². The summed E-state index contributed by atoms with van der Waals surface area (Å²) in [7, 11) is 0. The molecule has 4 aromatic rings. The summed E-state index contributed by atoms with van der Waals surface area (Å²) in [6, 6.07) is 24.2. The second-order valence-electron chi connectivity index (χ2n) is 8.57. The predicted octanol–water partition coefficient (Wildman–Crippen LogP) is 5.34. The van der Waals surface area contributed by atoms with Gasteiger partial charge in [0.25, 0.3) is 0 Å². The van der Waals surface area contributed by atoms with Crippen molar-refractivity contribution in [2.75, 3.05) is 0 Å². The molecule has 1 aliphatic carbocycles. The van der Waals surface area contributed by atoms with Crippen molar-refractivity contribution in [3.63, 3.8) is 0 Å². The molecular formula is C27H20N4OS. The Morgan fingerprint density at radius 2 is 1.82 bits per heavy atom. The Labute approximate surface area is 194 Å². The molecule has 0 saturated heterocycles. The Kier molecular flexibility index (Phi) is 4.60. The zero-order chi connectivity index (χ0) is 22.5. The fourth-order valence-electron chi connectivity index (χ4n) is 5.37. The van der Waals surface area contributed by atoms with Gasteiger partial charge in [-0.05, 0) is 41.5 Å². The Bertz CT molecular complexity index is 1530. The SMILES string of the molecule is N#CC1c2nc(=N)c3ccccc3n2C2=C(C(=O)CC(c3ccccc3)C2)C1c1cccs1. The minimum Gasteiger partial charge on any atom is -0.300 e. The van der Waals surface area contributed by atoms with Crippen LogP contribution in [0.25, 0.3) is 16.6 Å². The van der Waals surface area contributed by atoms with Crippen LogP contribution in [0.1, 0.15) is 46.9 Å². The Balaban J connectivity index is 1.68. The molecule has 2 aromatic heterocycles. The summed E-state index contributed by atoms with van der Waals surface area (Å²) in [5.74, 6) is -0.272. The van der Waals surface area contributed by atoms with E-state index in [1.54, 1.807) is 11.3 Å². The molecule has 6 heteroatoms. The van der Waals surface area contributed by atoms with E-state index in [1.807, 2.05) is 64.5 Å². The summed E-state index contributed by atoms with van der Waals surface area (Å²) in [6.07, 6.45) is 1.12. The molecule has 160 valence electrons. The van der Waals surface area contributed by atoms with E-state index in [9.17, 15) is 10.1 Å². The van der Waals surface area contributed by atoms with Crippen LogP contribution in [0.15, 0.2) is 77.7 Å². The number of nitrogens with one attached hydrogen (secondary N) is 1. The van der Waals surface area contributed by atoms with Gasteiger partial charge < -0.3 is 0 Å². The minimum atomic E-state index is -0.631. The zero-order valence-electron chi connectivity index (χ0n) is 17.7. The molecule has 0 spiro atoms. The molecule has 6 rings (SSSR count). The van der Waals surface area contributed by atoms with Crippen molar-refractivity contribution in [3.8, 4) is 6.07 Å². The number of Topliss-reactive ketones (excluding diaryl/α,β-unsaturated/α-hetero) is 1. The summed E-state index contributed by atoms with van der Waals surface area (Å²) < 4.78 is 2.01. The van der Waals surface area contributed by atoms with Gasteiger partial charge in [-0.1, -0.05) is 48.5 Å². The lowest BCUT2D eigenvalue weighted by molar-refractivity contribution is -0.116. The van der Waals surface area contributed by atoms with Crippen LogP contribution in [0, 0.1) is 16.7 Å². The monoisotopic (exact) mass is 448 g/mol. The summed E-state index contributed by atoms with van der Waals surface area (Å²) in [6.45, 7) is 0. The quantitative estimate of drug-likeness (QED) is 0.449. The van der Waals surface area contributed by atoms with Crippen LogP contribution in [0.4, 0.5) is 0 Å². The molecule has 2 aliphatic rings. The molecule has 0 amide bonds. The zero-order valence-corrected chi connectivity index (χ0v) is 18.5. The summed E-state index contributed by atoms with van der Waals surface area (Å²) >= 11 is 1.56. The van der Waals surface area contributed by atoms with Crippen LogP contribution in [0.3, 0.4) is 0 Å². The number of fused-ring (bicyclic) bond motifs is 4. The fourth-order valence-corrected chi connectivity index (χ4v) is 6.24. The maximum absolute atomic E-state index is 13.8. The molecule has 2 aromatic carbocycles. The minimum absolute atomic E-state index is 0.0647. The molecule has 1 N–H and O–H groups in total. The second kappa shape index (κ2) is 7.65. The van der Waals surface area contributed by atoms with Gasteiger partial charge in [0, 0.05) is 33.9 Å². The fraction of sp³-hybridized carbons (Fsp3) is 0.185. The van der Waals surface area contributed by atoms with Gasteiger partial charge in [-0.15, -0.1) is 11.3 Å². The van der Waals surface area contributed by atoms with E-state index in [0.717, 1.165) is 27.2 Å². The van der Waals surface area contributed by atoms with E-state index >= 15 is 0 Å². The van der Waals surface area contributed by atoms with Gasteiger partial charge >= 0.3 is 0 Å². The molecule has 0 saturated carbocycles. The molecule has 0 bridgehead atoms. The smallest absolute Gasteiger partial charge is 0.161 e. The van der Waals surface area contributed by atoms with Crippen molar-refractivity contribution < 1.29 is 4.79 Å². The summed E-state index contributed by atoms with van der Waals surface area (Å²) in [5, 5.41) is 21.5. The Morgan fingerprint density at radius 1 is 1.03 bits per heavy atom.